The van der Waals surface area contributed by atoms with Gasteiger partial charge in [0.05, 0.1) is 19.3 Å². The number of hydrogen-bond acceptors (Lipinski definition) is 16. The molecule has 19 heteroatoms. The summed E-state index contributed by atoms with van der Waals surface area (Å²) in [5.41, 5.74) is 15.1. The van der Waals surface area contributed by atoms with Crippen molar-refractivity contribution in [2.45, 2.75) is 287 Å². The Kier molecular flexibility index (Phi) is 39.8. The van der Waals surface area contributed by atoms with Crippen LogP contribution in [0.2, 0.25) is 0 Å². The molecule has 88 heavy (non-hydrogen) atoms. The minimum Gasteiger partial charge on any atom is -0.756 e. The molecule has 1 amide bonds. The lowest BCUT2D eigenvalue weighted by atomic mass is 9.95. The van der Waals surface area contributed by atoms with Gasteiger partial charge in [-0.25, -0.2) is 4.31 Å². The van der Waals surface area contributed by atoms with Crippen LogP contribution in [0.3, 0.4) is 0 Å². The van der Waals surface area contributed by atoms with E-state index in [9.17, 15) is 49.2 Å². The van der Waals surface area contributed by atoms with Crippen LogP contribution in [0.4, 0.5) is 0 Å². The molecule has 12 atom stereocenters. The Bertz CT molecular complexity index is 2570. The van der Waals surface area contributed by atoms with Gasteiger partial charge >= 0.3 is 0 Å². The molecule has 0 aliphatic carbocycles. The van der Waals surface area contributed by atoms with E-state index in [1.165, 1.54) is 68.7 Å². The molecule has 2 aliphatic rings. The van der Waals surface area contributed by atoms with Crippen LogP contribution in [0.5, 0.6) is 0 Å². The molecular weight excluding hydrogens is 1160 g/mol. The third-order valence-electron chi connectivity index (χ3n) is 15.8. The zero-order chi connectivity index (χ0) is 66.0. The second kappa shape index (κ2) is 43.4. The predicted octanol–water partition coefficient (Wildman–Crippen LogP) is 14.0. The van der Waals surface area contributed by atoms with Gasteiger partial charge in [0, 0.05) is 6.92 Å². The average Bonchev–Trinajstić information content (AvgIpc) is 1.45. The first-order valence-corrected chi connectivity index (χ1v) is 34.8. The molecule has 0 bridgehead atoms. The first kappa shape index (κ1) is 80.6. The SMILES string of the molecule is CC(=O)N[C@H]1[C@@H](OP(=O)([O-])OP(=O)([O-])OC/C=C(/C)CC/C=C(/C)CC/C=C(/C)CC/C=C(/C)CC/C=C(/C)CC/C=C(/C)CC/C=C(/C)CC/C=C(/C)CC/C=C(\C)CC/C=C(\C)CCC=C(C)C)O[C@H](CO)[C@@H](O)[C@@H]1O[C@H]1O[C@H](C)[C@@H](O)[C@H](O)[C@@H]1O. The number of ether oxygens (including phenoxy) is 3. The maximum Gasteiger partial charge on any atom is 0.276 e. The summed E-state index contributed by atoms with van der Waals surface area (Å²) in [5, 5.41) is 54.0. The first-order valence-electron chi connectivity index (χ1n) is 31.8. The Labute approximate surface area is 529 Å². The van der Waals surface area contributed by atoms with E-state index in [0.29, 0.717) is 12.8 Å². The van der Waals surface area contributed by atoms with Gasteiger partial charge in [0.2, 0.25) is 5.91 Å². The average molecular weight is 1270 g/mol. The molecule has 0 saturated carbocycles. The highest BCUT2D eigenvalue weighted by Crippen LogP contribution is 2.57. The molecule has 17 nitrogen and oxygen atoms in total. The van der Waals surface area contributed by atoms with E-state index in [0.717, 1.165) is 128 Å². The third-order valence-corrected chi connectivity index (χ3v) is 18.3. The molecule has 502 valence electrons. The number of hydrogen-bond donors (Lipinski definition) is 6. The maximum absolute atomic E-state index is 13.0. The van der Waals surface area contributed by atoms with E-state index in [1.807, 2.05) is 0 Å². The topological polar surface area (TPSA) is 266 Å². The molecule has 0 spiro atoms. The molecule has 6 N–H and O–H groups in total. The number of phosphoric ester groups is 2. The smallest absolute Gasteiger partial charge is 0.276 e. The summed E-state index contributed by atoms with van der Waals surface area (Å²) in [5.74, 6) is -0.816. The number of nitrogens with one attached hydrogen (secondary N) is 1. The van der Waals surface area contributed by atoms with E-state index in [2.05, 4.69) is 147 Å². The molecule has 0 radical (unpaired) electrons. The fraction of sp³-hybridized carbons (Fsp3) is 0.667. The van der Waals surface area contributed by atoms with Crippen molar-refractivity contribution in [1.29, 1.82) is 0 Å². The van der Waals surface area contributed by atoms with E-state index < -0.39 is 96.1 Å². The van der Waals surface area contributed by atoms with Gasteiger partial charge < -0.3 is 59.4 Å². The van der Waals surface area contributed by atoms with Gasteiger partial charge in [-0.15, -0.1) is 0 Å². The largest absolute Gasteiger partial charge is 0.756 e. The van der Waals surface area contributed by atoms with Gasteiger partial charge in [-0.05, 0) is 218 Å². The fourth-order valence-electron chi connectivity index (χ4n) is 10.1. The Morgan fingerprint density at radius 1 is 0.455 bits per heavy atom. The summed E-state index contributed by atoms with van der Waals surface area (Å²) in [7, 11) is -11.5. The highest BCUT2D eigenvalue weighted by molar-refractivity contribution is 7.59. The number of aliphatic hydroxyl groups is 5. The summed E-state index contributed by atoms with van der Waals surface area (Å²) in [6, 6.07) is -1.76. The van der Waals surface area contributed by atoms with E-state index in [1.54, 1.807) is 6.92 Å². The van der Waals surface area contributed by atoms with Gasteiger partial charge in [-0.2, -0.15) is 0 Å². The highest BCUT2D eigenvalue weighted by Gasteiger charge is 2.52. The molecule has 2 fully saturated rings. The van der Waals surface area contributed by atoms with Crippen molar-refractivity contribution in [3.8, 4) is 0 Å². The first-order chi connectivity index (χ1) is 41.4. The molecule has 0 aromatic carbocycles. The molecule has 2 saturated heterocycles. The van der Waals surface area contributed by atoms with Crippen molar-refractivity contribution in [2.24, 2.45) is 0 Å². The standard InChI is InChI=1S/C69H115NO16P2/c1-48(2)25-15-26-49(3)27-16-28-50(4)29-17-30-51(5)31-18-32-52(6)33-19-34-53(7)35-20-36-54(8)37-21-38-55(9)39-22-40-56(10)41-23-42-57(11)43-24-44-58(12)45-46-81-87(77,78)86-88(79,80)85-68-62(70-60(14)72)67(64(74)61(47-71)83-68)84-69-66(76)65(75)63(73)59(13)82-69/h25,27,29,31,33,35,37,39,41,43,45,59,61-69,71,73-76H,15-24,26,28,30,32,34,36,38,40,42,44,46-47H2,1-14H3,(H,70,72)(H,77,78)(H,79,80)/p-2/b49-27+,50-29+,51-31-,52-33-,53-35-,54-37-,55-39-,56-41-,57-43-,58-45-/t59-,61-,62-,63-,64-,65+,66+,67-,68-,69-/m1/s1. The Morgan fingerprint density at radius 2 is 0.784 bits per heavy atom. The van der Waals surface area contributed by atoms with Gasteiger partial charge in [-0.1, -0.05) is 128 Å². The van der Waals surface area contributed by atoms with Crippen LogP contribution < -0.4 is 15.1 Å². The van der Waals surface area contributed by atoms with Gasteiger partial charge in [-0.3, -0.25) is 18.4 Å². The number of amides is 1. The van der Waals surface area contributed by atoms with E-state index in [4.69, 9.17) is 23.3 Å². The van der Waals surface area contributed by atoms with Crippen molar-refractivity contribution in [1.82, 2.24) is 5.32 Å². The van der Waals surface area contributed by atoms with E-state index >= 15 is 0 Å². The molecule has 2 aliphatic heterocycles. The number of phosphoric acid groups is 2. The van der Waals surface area contributed by atoms with Crippen LogP contribution in [-0.4, -0.2) is 106 Å². The molecule has 0 aromatic heterocycles. The van der Waals surface area contributed by atoms with Crippen LogP contribution in [0.25, 0.3) is 0 Å². The maximum atomic E-state index is 13.0. The van der Waals surface area contributed by atoms with Gasteiger partial charge in [0.15, 0.2) is 12.6 Å². The fourth-order valence-corrected chi connectivity index (χ4v) is 12.1. The summed E-state index contributed by atoms with van der Waals surface area (Å²) in [6.45, 7) is 27.1. The molecule has 2 rings (SSSR count). The van der Waals surface area contributed by atoms with Crippen molar-refractivity contribution in [3.05, 3.63) is 128 Å². The van der Waals surface area contributed by atoms with Crippen molar-refractivity contribution in [2.75, 3.05) is 13.2 Å². The second-order valence-electron chi connectivity index (χ2n) is 24.8. The Morgan fingerprint density at radius 3 is 1.10 bits per heavy atom. The van der Waals surface area contributed by atoms with Gasteiger partial charge in [0.25, 0.3) is 15.6 Å². The Balaban J connectivity index is 1.69. The molecule has 2 heterocycles. The minimum absolute atomic E-state index is 0.553. The second-order valence-corrected chi connectivity index (χ2v) is 27.7. The summed E-state index contributed by atoms with van der Waals surface area (Å²) in [6.07, 6.45) is 30.5. The highest BCUT2D eigenvalue weighted by atomic mass is 31.3. The van der Waals surface area contributed by atoms with Crippen molar-refractivity contribution in [3.63, 3.8) is 0 Å². The number of carbonyl (C=O) groups excluding carboxylic acids is 1. The Hall–Kier alpha value is -3.45. The lowest BCUT2D eigenvalue weighted by Crippen LogP contribution is -2.67. The van der Waals surface area contributed by atoms with Crippen LogP contribution in [0.15, 0.2) is 128 Å². The van der Waals surface area contributed by atoms with Crippen LogP contribution >= 0.6 is 15.6 Å². The third kappa shape index (κ3) is 35.4. The van der Waals surface area contributed by atoms with Crippen LogP contribution in [0, 0.1) is 0 Å². The number of carbonyl (C=O) groups is 1. The summed E-state index contributed by atoms with van der Waals surface area (Å²) in [4.78, 5) is 37.8. The predicted molar refractivity (Wildman–Crippen MR) is 349 cm³/mol. The normalized spacial score (nSPS) is 25.8. The number of rotatable bonds is 41. The lowest BCUT2D eigenvalue weighted by molar-refractivity contribution is -0.339. The molecular formula is C69H113NO16P2-2. The van der Waals surface area contributed by atoms with Crippen molar-refractivity contribution < 1.29 is 76.8 Å². The number of allylic oxidation sites excluding steroid dienone is 21. The van der Waals surface area contributed by atoms with Crippen LogP contribution in [-0.2, 0) is 41.5 Å². The molecule has 0 aromatic rings. The summed E-state index contributed by atoms with van der Waals surface area (Å²) >= 11 is 0. The zero-order valence-electron chi connectivity index (χ0n) is 55.8. The quantitative estimate of drug-likeness (QED) is 0.0245. The van der Waals surface area contributed by atoms with Gasteiger partial charge in [0.1, 0.15) is 42.7 Å². The monoisotopic (exact) mass is 1270 g/mol. The molecule has 2 unspecified atom stereocenters. The summed E-state index contributed by atoms with van der Waals surface area (Å²) < 4.78 is 56.1. The minimum atomic E-state index is -5.91. The van der Waals surface area contributed by atoms with Crippen LogP contribution in [0.1, 0.15) is 225 Å². The van der Waals surface area contributed by atoms with Crippen molar-refractivity contribution >= 4 is 21.6 Å². The zero-order valence-corrected chi connectivity index (χ0v) is 57.6. The van der Waals surface area contributed by atoms with E-state index in [-0.39, 0.29) is 0 Å². The lowest BCUT2D eigenvalue weighted by Gasteiger charge is -2.48. The number of aliphatic hydroxyl groups excluding tert-OH is 5.